The van der Waals surface area contributed by atoms with Crippen molar-refractivity contribution in [3.63, 3.8) is 0 Å². The summed E-state index contributed by atoms with van der Waals surface area (Å²) in [4.78, 5) is 29.0. The van der Waals surface area contributed by atoms with E-state index in [9.17, 15) is 9.59 Å². The maximum Gasteiger partial charge on any atom is 0.243 e. The maximum atomic E-state index is 13.8. The third-order valence-corrected chi connectivity index (χ3v) is 6.83. The van der Waals surface area contributed by atoms with Gasteiger partial charge in [0.05, 0.1) is 6.42 Å². The van der Waals surface area contributed by atoms with Crippen molar-refractivity contribution in [2.45, 2.75) is 53.1 Å². The van der Waals surface area contributed by atoms with E-state index in [1.54, 1.807) is 17.0 Å². The van der Waals surface area contributed by atoms with Crippen LogP contribution in [0.1, 0.15) is 41.7 Å². The molecule has 0 fully saturated rings. The first-order valence-corrected chi connectivity index (χ1v) is 13.0. The Balaban J connectivity index is 1.99. The fourth-order valence-electron chi connectivity index (χ4n) is 4.00. The molecule has 0 saturated carbocycles. The Hall–Kier alpha value is -2.82. The summed E-state index contributed by atoms with van der Waals surface area (Å²) < 4.78 is 0. The van der Waals surface area contributed by atoms with Gasteiger partial charge in [-0.25, -0.2) is 0 Å². The third kappa shape index (κ3) is 7.84. The van der Waals surface area contributed by atoms with Crippen LogP contribution in [0.5, 0.6) is 0 Å². The van der Waals surface area contributed by atoms with Gasteiger partial charge in [0.15, 0.2) is 0 Å². The largest absolute Gasteiger partial charge is 0.354 e. The molecule has 36 heavy (non-hydrogen) atoms. The van der Waals surface area contributed by atoms with Crippen molar-refractivity contribution in [3.8, 4) is 0 Å². The minimum Gasteiger partial charge on any atom is -0.354 e. The predicted octanol–water partition coefficient (Wildman–Crippen LogP) is 6.57. The Labute approximate surface area is 224 Å². The van der Waals surface area contributed by atoms with Crippen LogP contribution < -0.4 is 5.32 Å². The molecule has 0 radical (unpaired) electrons. The molecule has 190 valence electrons. The lowest BCUT2D eigenvalue weighted by Crippen LogP contribution is -2.51. The number of hydrogen-bond acceptors (Lipinski definition) is 2. The van der Waals surface area contributed by atoms with E-state index in [2.05, 4.69) is 5.32 Å². The van der Waals surface area contributed by atoms with Gasteiger partial charge in [0.2, 0.25) is 11.8 Å². The van der Waals surface area contributed by atoms with Gasteiger partial charge in [-0.3, -0.25) is 9.59 Å². The molecule has 3 aromatic rings. The molecule has 3 aromatic carbocycles. The van der Waals surface area contributed by atoms with Crippen LogP contribution in [0.4, 0.5) is 0 Å². The van der Waals surface area contributed by atoms with Crippen molar-refractivity contribution >= 4 is 35.0 Å². The van der Waals surface area contributed by atoms with Crippen molar-refractivity contribution in [2.24, 2.45) is 5.92 Å². The van der Waals surface area contributed by atoms with Gasteiger partial charge in [0.1, 0.15) is 6.04 Å². The van der Waals surface area contributed by atoms with Gasteiger partial charge in [-0.1, -0.05) is 91.6 Å². The van der Waals surface area contributed by atoms with Crippen molar-refractivity contribution in [1.82, 2.24) is 10.2 Å². The minimum atomic E-state index is -0.697. The second-order valence-corrected chi connectivity index (χ2v) is 10.5. The monoisotopic (exact) mass is 524 g/mol. The van der Waals surface area contributed by atoms with E-state index in [4.69, 9.17) is 23.2 Å². The lowest BCUT2D eigenvalue weighted by molar-refractivity contribution is -0.140. The maximum absolute atomic E-state index is 13.8. The molecule has 1 atom stereocenters. The summed E-state index contributed by atoms with van der Waals surface area (Å²) in [5.41, 5.74) is 4.93. The standard InChI is InChI=1S/C30H34Cl2N2O2/c1-20(2)18-33-30(36)28(15-23-8-6-5-7-9-23)34(19-25-12-13-26(31)17-27(25)32)29(35)16-24-11-10-21(3)22(4)14-24/h5-14,17,20,28H,15-16,18-19H2,1-4H3,(H,33,36)/t28-/m0/s1. The highest BCUT2D eigenvalue weighted by Gasteiger charge is 2.31. The van der Waals surface area contributed by atoms with Crippen molar-refractivity contribution < 1.29 is 9.59 Å². The Morgan fingerprint density at radius 3 is 2.25 bits per heavy atom. The fraction of sp³-hybridized carbons (Fsp3) is 0.333. The average molecular weight is 526 g/mol. The molecule has 3 rings (SSSR count). The molecule has 4 nitrogen and oxygen atoms in total. The number of aryl methyl sites for hydroxylation is 2. The molecular weight excluding hydrogens is 491 g/mol. The number of rotatable bonds is 10. The third-order valence-electron chi connectivity index (χ3n) is 6.24. The molecule has 0 spiro atoms. The first-order chi connectivity index (χ1) is 17.1. The smallest absolute Gasteiger partial charge is 0.243 e. The lowest BCUT2D eigenvalue weighted by atomic mass is 10.00. The van der Waals surface area contributed by atoms with Crippen LogP contribution in [-0.4, -0.2) is 29.3 Å². The topological polar surface area (TPSA) is 49.4 Å². The number of hydrogen-bond donors (Lipinski definition) is 1. The second-order valence-electron chi connectivity index (χ2n) is 9.70. The summed E-state index contributed by atoms with van der Waals surface area (Å²) >= 11 is 12.6. The number of carbonyl (C=O) groups excluding carboxylic acids is 2. The lowest BCUT2D eigenvalue weighted by Gasteiger charge is -2.32. The summed E-state index contributed by atoms with van der Waals surface area (Å²) in [6, 6.07) is 20.3. The highest BCUT2D eigenvalue weighted by atomic mass is 35.5. The van der Waals surface area contributed by atoms with E-state index < -0.39 is 6.04 Å². The Bertz CT molecular complexity index is 1190. The molecule has 0 aromatic heterocycles. The first-order valence-electron chi connectivity index (χ1n) is 12.2. The zero-order valence-electron chi connectivity index (χ0n) is 21.4. The number of nitrogens with one attached hydrogen (secondary N) is 1. The number of amides is 2. The molecule has 0 saturated heterocycles. The van der Waals surface area contributed by atoms with Crippen LogP contribution in [0, 0.1) is 19.8 Å². The molecule has 0 heterocycles. The van der Waals surface area contributed by atoms with Crippen LogP contribution in [0.3, 0.4) is 0 Å². The van der Waals surface area contributed by atoms with Crippen LogP contribution in [0.25, 0.3) is 0 Å². The van der Waals surface area contributed by atoms with Crippen LogP contribution in [0.2, 0.25) is 10.0 Å². The predicted molar refractivity (Wildman–Crippen MR) is 148 cm³/mol. The molecule has 0 unspecified atom stereocenters. The highest BCUT2D eigenvalue weighted by Crippen LogP contribution is 2.25. The first kappa shape index (κ1) is 27.8. The molecular formula is C30H34Cl2N2O2. The van der Waals surface area contributed by atoms with E-state index in [1.165, 1.54) is 5.56 Å². The number of benzene rings is 3. The molecule has 0 aliphatic carbocycles. The van der Waals surface area contributed by atoms with E-state index in [1.807, 2.05) is 82.3 Å². The quantitative estimate of drug-likeness (QED) is 0.326. The molecule has 0 aliphatic rings. The molecule has 0 bridgehead atoms. The van der Waals surface area contributed by atoms with Crippen molar-refractivity contribution in [3.05, 3.63) is 105 Å². The van der Waals surface area contributed by atoms with Crippen LogP contribution >= 0.6 is 23.2 Å². The summed E-state index contributed by atoms with van der Waals surface area (Å²) in [5.74, 6) is -0.0207. The average Bonchev–Trinajstić information content (AvgIpc) is 2.84. The fourth-order valence-corrected chi connectivity index (χ4v) is 4.47. The van der Waals surface area contributed by atoms with Crippen molar-refractivity contribution in [2.75, 3.05) is 6.54 Å². The molecule has 6 heteroatoms. The van der Waals surface area contributed by atoms with Gasteiger partial charge in [0.25, 0.3) is 0 Å². The zero-order valence-corrected chi connectivity index (χ0v) is 22.9. The van der Waals surface area contributed by atoms with Gasteiger partial charge < -0.3 is 10.2 Å². The van der Waals surface area contributed by atoms with E-state index in [0.717, 1.165) is 22.3 Å². The Kier molecular flexibility index (Phi) is 9.98. The van der Waals surface area contributed by atoms with Gasteiger partial charge in [-0.05, 0) is 59.7 Å². The summed E-state index contributed by atoms with van der Waals surface area (Å²) in [6.45, 7) is 8.90. The van der Waals surface area contributed by atoms with E-state index in [-0.39, 0.29) is 30.7 Å². The SMILES string of the molecule is Cc1ccc(CC(=O)N(Cc2ccc(Cl)cc2Cl)[C@@H](Cc2ccccc2)C(=O)NCC(C)C)cc1C. The number of nitrogens with zero attached hydrogens (tertiary/aromatic N) is 1. The Morgan fingerprint density at radius 1 is 0.889 bits per heavy atom. The van der Waals surface area contributed by atoms with Crippen LogP contribution in [-0.2, 0) is 29.0 Å². The van der Waals surface area contributed by atoms with Gasteiger partial charge in [-0.2, -0.15) is 0 Å². The highest BCUT2D eigenvalue weighted by molar-refractivity contribution is 6.35. The zero-order chi connectivity index (χ0) is 26.2. The normalized spacial score (nSPS) is 11.9. The minimum absolute atomic E-state index is 0.134. The molecule has 1 N–H and O–H groups in total. The second kappa shape index (κ2) is 12.9. The molecule has 0 aliphatic heterocycles. The van der Waals surface area contributed by atoms with Crippen molar-refractivity contribution in [1.29, 1.82) is 0 Å². The van der Waals surface area contributed by atoms with Gasteiger partial charge >= 0.3 is 0 Å². The van der Waals surface area contributed by atoms with Gasteiger partial charge in [0, 0.05) is 29.6 Å². The summed E-state index contributed by atoms with van der Waals surface area (Å²) in [6.07, 6.45) is 0.587. The Morgan fingerprint density at radius 2 is 1.61 bits per heavy atom. The van der Waals surface area contributed by atoms with E-state index in [0.29, 0.717) is 23.0 Å². The number of halogens is 2. The summed E-state index contributed by atoms with van der Waals surface area (Å²) in [5, 5.41) is 4.03. The van der Waals surface area contributed by atoms with Gasteiger partial charge in [-0.15, -0.1) is 0 Å². The van der Waals surface area contributed by atoms with Crippen LogP contribution in [0.15, 0.2) is 66.7 Å². The summed E-state index contributed by atoms with van der Waals surface area (Å²) in [7, 11) is 0. The molecule has 2 amide bonds. The number of carbonyl (C=O) groups is 2. The van der Waals surface area contributed by atoms with E-state index >= 15 is 0 Å².